The summed E-state index contributed by atoms with van der Waals surface area (Å²) in [6, 6.07) is 3.89. The SMILES string of the molecule is CC(CCc1ccnc(F)c1)N(C)C. The summed E-state index contributed by atoms with van der Waals surface area (Å²) in [6.45, 7) is 2.16. The van der Waals surface area contributed by atoms with E-state index in [0.717, 1.165) is 18.4 Å². The minimum Gasteiger partial charge on any atom is -0.307 e. The molecule has 0 aliphatic heterocycles. The van der Waals surface area contributed by atoms with Gasteiger partial charge in [-0.1, -0.05) is 0 Å². The van der Waals surface area contributed by atoms with Crippen molar-refractivity contribution in [3.8, 4) is 0 Å². The lowest BCUT2D eigenvalue weighted by Crippen LogP contribution is -2.24. The minimum absolute atomic E-state index is 0.389. The summed E-state index contributed by atoms with van der Waals surface area (Å²) in [7, 11) is 4.11. The summed E-state index contributed by atoms with van der Waals surface area (Å²) in [6.07, 6.45) is 3.46. The highest BCUT2D eigenvalue weighted by Crippen LogP contribution is 2.07. The quantitative estimate of drug-likeness (QED) is 0.686. The second-order valence-electron chi connectivity index (χ2n) is 3.84. The van der Waals surface area contributed by atoms with Crippen LogP contribution in [0.2, 0.25) is 0 Å². The van der Waals surface area contributed by atoms with Gasteiger partial charge < -0.3 is 4.90 Å². The zero-order valence-corrected chi connectivity index (χ0v) is 9.00. The highest BCUT2D eigenvalue weighted by molar-refractivity contribution is 5.10. The standard InChI is InChI=1S/C11H17FN2/c1-9(14(2)3)4-5-10-6-7-13-11(12)8-10/h6-9H,4-5H2,1-3H3. The van der Waals surface area contributed by atoms with Gasteiger partial charge in [-0.15, -0.1) is 0 Å². The van der Waals surface area contributed by atoms with Gasteiger partial charge >= 0.3 is 0 Å². The Morgan fingerprint density at radius 2 is 2.21 bits per heavy atom. The first-order chi connectivity index (χ1) is 6.59. The summed E-state index contributed by atoms with van der Waals surface area (Å²) in [4.78, 5) is 5.69. The van der Waals surface area contributed by atoms with E-state index < -0.39 is 0 Å². The first-order valence-electron chi connectivity index (χ1n) is 4.86. The van der Waals surface area contributed by atoms with Crippen molar-refractivity contribution in [2.45, 2.75) is 25.8 Å². The number of rotatable bonds is 4. The summed E-state index contributed by atoms with van der Waals surface area (Å²) >= 11 is 0. The Labute approximate surface area is 84.8 Å². The van der Waals surface area contributed by atoms with Crippen LogP contribution in [0.25, 0.3) is 0 Å². The first-order valence-corrected chi connectivity index (χ1v) is 4.86. The van der Waals surface area contributed by atoms with E-state index in [0.29, 0.717) is 6.04 Å². The van der Waals surface area contributed by atoms with Gasteiger partial charge in [0.15, 0.2) is 0 Å². The van der Waals surface area contributed by atoms with E-state index >= 15 is 0 Å². The average Bonchev–Trinajstić information content (AvgIpc) is 2.14. The average molecular weight is 196 g/mol. The van der Waals surface area contributed by atoms with E-state index in [4.69, 9.17) is 0 Å². The van der Waals surface area contributed by atoms with Gasteiger partial charge in [-0.05, 0) is 51.6 Å². The van der Waals surface area contributed by atoms with Crippen molar-refractivity contribution in [2.24, 2.45) is 0 Å². The molecule has 78 valence electrons. The number of halogens is 1. The van der Waals surface area contributed by atoms with Crippen molar-refractivity contribution in [3.05, 3.63) is 29.8 Å². The van der Waals surface area contributed by atoms with Gasteiger partial charge in [0.05, 0.1) is 0 Å². The molecular weight excluding hydrogens is 179 g/mol. The molecule has 14 heavy (non-hydrogen) atoms. The van der Waals surface area contributed by atoms with Crippen molar-refractivity contribution in [1.82, 2.24) is 9.88 Å². The molecule has 0 saturated carbocycles. The predicted octanol–water partition coefficient (Wildman–Crippen LogP) is 2.10. The van der Waals surface area contributed by atoms with E-state index in [2.05, 4.69) is 30.9 Å². The van der Waals surface area contributed by atoms with Crippen molar-refractivity contribution in [3.63, 3.8) is 0 Å². The lowest BCUT2D eigenvalue weighted by molar-refractivity contribution is 0.299. The number of hydrogen-bond donors (Lipinski definition) is 0. The molecule has 0 aliphatic carbocycles. The number of aryl methyl sites for hydroxylation is 1. The Kier molecular flexibility index (Phi) is 4.01. The van der Waals surface area contributed by atoms with Crippen molar-refractivity contribution >= 4 is 0 Å². The van der Waals surface area contributed by atoms with Gasteiger partial charge in [-0.3, -0.25) is 0 Å². The molecule has 1 aromatic rings. The lowest BCUT2D eigenvalue weighted by Gasteiger charge is -2.19. The molecule has 0 amide bonds. The van der Waals surface area contributed by atoms with Gasteiger partial charge in [0.2, 0.25) is 5.95 Å². The maximum absolute atomic E-state index is 12.7. The molecular formula is C11H17FN2. The molecule has 0 spiro atoms. The molecule has 0 fully saturated rings. The minimum atomic E-state index is -0.389. The Bertz CT molecular complexity index is 286. The molecule has 1 rings (SSSR count). The topological polar surface area (TPSA) is 16.1 Å². The molecule has 0 radical (unpaired) electrons. The van der Waals surface area contributed by atoms with Crippen LogP contribution < -0.4 is 0 Å². The first kappa shape index (κ1) is 11.1. The van der Waals surface area contributed by atoms with E-state index in [-0.39, 0.29) is 5.95 Å². The monoisotopic (exact) mass is 196 g/mol. The molecule has 0 aliphatic rings. The molecule has 2 nitrogen and oxygen atoms in total. The Morgan fingerprint density at radius 3 is 2.79 bits per heavy atom. The number of pyridine rings is 1. The maximum Gasteiger partial charge on any atom is 0.213 e. The van der Waals surface area contributed by atoms with Crippen LogP contribution in [-0.2, 0) is 6.42 Å². The molecule has 0 bridgehead atoms. The largest absolute Gasteiger partial charge is 0.307 e. The Hall–Kier alpha value is -0.960. The van der Waals surface area contributed by atoms with E-state index in [1.54, 1.807) is 0 Å². The smallest absolute Gasteiger partial charge is 0.213 e. The summed E-state index contributed by atoms with van der Waals surface area (Å²) in [5.41, 5.74) is 1.02. The fourth-order valence-electron chi connectivity index (χ4n) is 1.23. The highest BCUT2D eigenvalue weighted by Gasteiger charge is 2.04. The second kappa shape index (κ2) is 5.05. The number of aromatic nitrogens is 1. The van der Waals surface area contributed by atoms with E-state index in [1.165, 1.54) is 12.3 Å². The molecule has 3 heteroatoms. The maximum atomic E-state index is 12.7. The van der Waals surface area contributed by atoms with Gasteiger partial charge in [-0.2, -0.15) is 4.39 Å². The van der Waals surface area contributed by atoms with Crippen molar-refractivity contribution < 1.29 is 4.39 Å². The second-order valence-corrected chi connectivity index (χ2v) is 3.84. The van der Waals surface area contributed by atoms with Crippen LogP contribution in [0.5, 0.6) is 0 Å². The summed E-state index contributed by atoms with van der Waals surface area (Å²) < 4.78 is 12.7. The van der Waals surface area contributed by atoms with Gasteiger partial charge in [0, 0.05) is 12.2 Å². The third kappa shape index (κ3) is 3.42. The fourth-order valence-corrected chi connectivity index (χ4v) is 1.23. The molecule has 1 heterocycles. The molecule has 0 N–H and O–H groups in total. The van der Waals surface area contributed by atoms with E-state index in [1.807, 2.05) is 6.07 Å². The normalized spacial score (nSPS) is 13.2. The van der Waals surface area contributed by atoms with Crippen molar-refractivity contribution in [1.29, 1.82) is 0 Å². The predicted molar refractivity (Wildman–Crippen MR) is 55.7 cm³/mol. The lowest BCUT2D eigenvalue weighted by atomic mass is 10.1. The Balaban J connectivity index is 2.45. The summed E-state index contributed by atoms with van der Waals surface area (Å²) in [5, 5.41) is 0. The zero-order valence-electron chi connectivity index (χ0n) is 9.00. The Morgan fingerprint density at radius 1 is 1.50 bits per heavy atom. The van der Waals surface area contributed by atoms with E-state index in [9.17, 15) is 4.39 Å². The highest BCUT2D eigenvalue weighted by atomic mass is 19.1. The van der Waals surface area contributed by atoms with Crippen LogP contribution in [0.15, 0.2) is 18.3 Å². The van der Waals surface area contributed by atoms with Crippen LogP contribution in [0.1, 0.15) is 18.9 Å². The fraction of sp³-hybridized carbons (Fsp3) is 0.545. The molecule has 1 atom stereocenters. The molecule has 0 aromatic carbocycles. The van der Waals surface area contributed by atoms with Crippen LogP contribution in [0, 0.1) is 5.95 Å². The number of nitrogens with zero attached hydrogens (tertiary/aromatic N) is 2. The third-order valence-corrected chi connectivity index (χ3v) is 2.52. The van der Waals surface area contributed by atoms with Crippen LogP contribution in [0.3, 0.4) is 0 Å². The van der Waals surface area contributed by atoms with Gasteiger partial charge in [0.25, 0.3) is 0 Å². The molecule has 1 unspecified atom stereocenters. The van der Waals surface area contributed by atoms with Gasteiger partial charge in [-0.25, -0.2) is 4.98 Å². The molecule has 0 saturated heterocycles. The van der Waals surface area contributed by atoms with Crippen molar-refractivity contribution in [2.75, 3.05) is 14.1 Å². The van der Waals surface area contributed by atoms with Crippen LogP contribution in [-0.4, -0.2) is 30.0 Å². The zero-order chi connectivity index (χ0) is 10.6. The summed E-state index contributed by atoms with van der Waals surface area (Å²) in [5.74, 6) is -0.389. The number of hydrogen-bond acceptors (Lipinski definition) is 2. The molecule has 1 aromatic heterocycles. The van der Waals surface area contributed by atoms with Crippen LogP contribution in [0.4, 0.5) is 4.39 Å². The van der Waals surface area contributed by atoms with Crippen LogP contribution >= 0.6 is 0 Å². The third-order valence-electron chi connectivity index (χ3n) is 2.52. The van der Waals surface area contributed by atoms with Gasteiger partial charge in [0.1, 0.15) is 0 Å².